The van der Waals surface area contributed by atoms with Gasteiger partial charge in [0.25, 0.3) is 0 Å². The van der Waals surface area contributed by atoms with Gasteiger partial charge in [0.2, 0.25) is 0 Å². The number of nitrogens with one attached hydrogen (secondary N) is 1. The monoisotopic (exact) mass is 336 g/mol. The molecule has 1 unspecified atom stereocenters. The first-order chi connectivity index (χ1) is 9.63. The van der Waals surface area contributed by atoms with E-state index >= 15 is 0 Å². The van der Waals surface area contributed by atoms with Crippen LogP contribution in [0.25, 0.3) is 0 Å². The predicted molar refractivity (Wildman–Crippen MR) is 77.9 cm³/mol. The Hall–Kier alpha value is -1.42. The van der Waals surface area contributed by atoms with Crippen LogP contribution in [0.1, 0.15) is 17.9 Å². The third-order valence-corrected chi connectivity index (χ3v) is 6.03. The van der Waals surface area contributed by atoms with Crippen LogP contribution in [-0.4, -0.2) is 51.8 Å². The quantitative estimate of drug-likeness (QED) is 0.624. The van der Waals surface area contributed by atoms with Gasteiger partial charge in [0.15, 0.2) is 0 Å². The normalized spacial score (nSPS) is 23.1. The Kier molecular flexibility index (Phi) is 3.74. The second-order valence-corrected chi connectivity index (χ2v) is 7.49. The van der Waals surface area contributed by atoms with Gasteiger partial charge < -0.3 is 0 Å². The van der Waals surface area contributed by atoms with Gasteiger partial charge in [-0.15, -0.1) is 0 Å². The van der Waals surface area contributed by atoms with Gasteiger partial charge in [-0.2, -0.15) is 0 Å². The molecular weight excluding hydrogens is 319 g/mol. The fourth-order valence-corrected chi connectivity index (χ4v) is 4.88. The average Bonchev–Trinajstić information content (AvgIpc) is 2.97. The molecule has 1 aromatic carbocycles. The number of imide groups is 1. The summed E-state index contributed by atoms with van der Waals surface area (Å²) in [6.45, 7) is 2.19. The van der Waals surface area contributed by atoms with Gasteiger partial charge >= 0.3 is 124 Å². The number of likely N-dealkylation sites (tertiary alicyclic amines) is 1. The number of amides is 2. The maximum absolute atomic E-state index is 11.7. The number of likely N-dealkylation sites (N-methyl/N-ethyl adjacent to an activating group) is 1. The van der Waals surface area contributed by atoms with Crippen LogP contribution in [0.5, 0.6) is 0 Å². The minimum absolute atomic E-state index is 0.103. The van der Waals surface area contributed by atoms with Crippen molar-refractivity contribution in [2.75, 3.05) is 20.1 Å². The Balaban J connectivity index is 1.85. The zero-order valence-electron chi connectivity index (χ0n) is 11.3. The minimum atomic E-state index is -0.287. The Morgan fingerprint density at radius 3 is 2.75 bits per heavy atom. The van der Waals surface area contributed by atoms with Crippen molar-refractivity contribution in [1.29, 1.82) is 0 Å². The van der Waals surface area contributed by atoms with Gasteiger partial charge in [-0.05, 0) is 0 Å². The van der Waals surface area contributed by atoms with E-state index in [-0.39, 0.29) is 26.8 Å². The number of carbonyl (C=O) groups excluding carboxylic acids is 2. The molecular formula is C15H16N2O2Se. The standard InChI is InChI=1S/C15H16N2O2Se/c1-17-7-6-10(9-17)11-4-2-3-5-12(11)20-13-8-14(18)16-15(13)19/h2-5,8,10H,6-7,9H2,1H3,(H,16,18,19). The summed E-state index contributed by atoms with van der Waals surface area (Å²) in [7, 11) is 2.14. The molecule has 0 saturated carbocycles. The molecule has 2 aliphatic rings. The molecule has 1 saturated heterocycles. The van der Waals surface area contributed by atoms with Crippen LogP contribution in [-0.2, 0) is 9.59 Å². The Morgan fingerprint density at radius 1 is 1.30 bits per heavy atom. The number of hydrogen-bond acceptors (Lipinski definition) is 3. The van der Waals surface area contributed by atoms with E-state index in [1.165, 1.54) is 16.1 Å². The first-order valence-electron chi connectivity index (χ1n) is 6.66. The molecule has 4 nitrogen and oxygen atoms in total. The fraction of sp³-hybridized carbons (Fsp3) is 0.333. The van der Waals surface area contributed by atoms with Gasteiger partial charge in [-0.25, -0.2) is 0 Å². The summed E-state index contributed by atoms with van der Waals surface area (Å²) in [6.07, 6.45) is 2.60. The van der Waals surface area contributed by atoms with Crippen molar-refractivity contribution in [2.45, 2.75) is 12.3 Å². The molecule has 1 N–H and O–H groups in total. The third-order valence-electron chi connectivity index (χ3n) is 3.69. The van der Waals surface area contributed by atoms with Crippen molar-refractivity contribution in [1.82, 2.24) is 10.2 Å². The van der Waals surface area contributed by atoms with Crippen molar-refractivity contribution < 1.29 is 9.59 Å². The number of hydrogen-bond donors (Lipinski definition) is 1. The second-order valence-electron chi connectivity index (χ2n) is 5.21. The molecule has 0 radical (unpaired) electrons. The molecule has 1 aromatic rings. The van der Waals surface area contributed by atoms with Crippen LogP contribution < -0.4 is 9.78 Å². The third kappa shape index (κ3) is 2.70. The van der Waals surface area contributed by atoms with Gasteiger partial charge in [0.05, 0.1) is 0 Å². The van der Waals surface area contributed by atoms with Gasteiger partial charge in [0.1, 0.15) is 0 Å². The van der Waals surface area contributed by atoms with Crippen LogP contribution in [0.4, 0.5) is 0 Å². The van der Waals surface area contributed by atoms with E-state index in [1.807, 2.05) is 6.07 Å². The molecule has 20 heavy (non-hydrogen) atoms. The molecule has 2 heterocycles. The second kappa shape index (κ2) is 5.52. The SMILES string of the molecule is CN1CCC(c2ccccc2[Se]C2=CC(=O)NC2=O)C1. The van der Waals surface area contributed by atoms with E-state index in [0.29, 0.717) is 10.4 Å². The van der Waals surface area contributed by atoms with E-state index in [0.717, 1.165) is 19.5 Å². The fourth-order valence-electron chi connectivity index (χ4n) is 2.69. The number of benzene rings is 1. The summed E-state index contributed by atoms with van der Waals surface area (Å²) >= 11 is -0.103. The molecule has 1 atom stereocenters. The summed E-state index contributed by atoms with van der Waals surface area (Å²) in [5, 5.41) is 2.32. The van der Waals surface area contributed by atoms with Crippen molar-refractivity contribution in [3.8, 4) is 0 Å². The van der Waals surface area contributed by atoms with Crippen molar-refractivity contribution in [2.24, 2.45) is 0 Å². The van der Waals surface area contributed by atoms with Gasteiger partial charge in [-0.1, -0.05) is 0 Å². The van der Waals surface area contributed by atoms with Crippen LogP contribution in [0.3, 0.4) is 0 Å². The van der Waals surface area contributed by atoms with E-state index < -0.39 is 0 Å². The van der Waals surface area contributed by atoms with Crippen molar-refractivity contribution in [3.63, 3.8) is 0 Å². The molecule has 0 spiro atoms. The van der Waals surface area contributed by atoms with Crippen molar-refractivity contribution >= 4 is 31.2 Å². The summed E-state index contributed by atoms with van der Waals surface area (Å²) in [6, 6.07) is 8.32. The van der Waals surface area contributed by atoms with E-state index in [1.54, 1.807) is 0 Å². The summed E-state index contributed by atoms with van der Waals surface area (Å²) in [5.74, 6) is 0.0251. The number of carbonyl (C=O) groups is 2. The van der Waals surface area contributed by atoms with E-state index in [2.05, 4.69) is 35.5 Å². The Labute approximate surface area is 124 Å². The summed E-state index contributed by atoms with van der Waals surface area (Å²) < 4.78 is 1.85. The topological polar surface area (TPSA) is 49.4 Å². The van der Waals surface area contributed by atoms with Gasteiger partial charge in [0, 0.05) is 0 Å². The van der Waals surface area contributed by atoms with Gasteiger partial charge in [-0.3, -0.25) is 0 Å². The van der Waals surface area contributed by atoms with Crippen LogP contribution in [0, 0.1) is 0 Å². The Bertz CT molecular complexity index is 597. The molecule has 5 heteroatoms. The Morgan fingerprint density at radius 2 is 2.10 bits per heavy atom. The average molecular weight is 335 g/mol. The van der Waals surface area contributed by atoms with E-state index in [9.17, 15) is 9.59 Å². The number of nitrogens with zero attached hydrogens (tertiary/aromatic N) is 1. The molecule has 3 rings (SSSR count). The zero-order valence-corrected chi connectivity index (χ0v) is 13.0. The predicted octanol–water partition coefficient (Wildman–Crippen LogP) is -0.0245. The summed E-state index contributed by atoms with van der Waals surface area (Å²) in [5.41, 5.74) is 1.34. The first-order valence-corrected chi connectivity index (χ1v) is 8.37. The molecule has 1 fully saturated rings. The zero-order chi connectivity index (χ0) is 14.1. The van der Waals surface area contributed by atoms with Crippen molar-refractivity contribution in [3.05, 3.63) is 40.4 Å². The maximum atomic E-state index is 11.7. The molecule has 0 aromatic heterocycles. The van der Waals surface area contributed by atoms with Crippen LogP contribution >= 0.6 is 0 Å². The van der Waals surface area contributed by atoms with E-state index in [4.69, 9.17) is 0 Å². The summed E-state index contributed by atoms with van der Waals surface area (Å²) in [4.78, 5) is 25.2. The van der Waals surface area contributed by atoms with Crippen LogP contribution in [0.2, 0.25) is 0 Å². The molecule has 0 bridgehead atoms. The molecule has 2 amide bonds. The first kappa shape index (κ1) is 13.6. The molecule has 104 valence electrons. The van der Waals surface area contributed by atoms with Crippen LogP contribution in [0.15, 0.2) is 34.8 Å². The number of rotatable bonds is 3. The molecule has 2 aliphatic heterocycles. The molecule has 0 aliphatic carbocycles.